The maximum Gasteiger partial charge on any atom is 0.285 e. The number of halogens is 1. The molecule has 0 saturated carbocycles. The van der Waals surface area contributed by atoms with Gasteiger partial charge in [0.2, 0.25) is 0 Å². The van der Waals surface area contributed by atoms with E-state index < -0.39 is 22.3 Å². The summed E-state index contributed by atoms with van der Waals surface area (Å²) in [6.45, 7) is 0.814. The largest absolute Gasteiger partial charge is 0.338 e. The van der Waals surface area contributed by atoms with Gasteiger partial charge >= 0.3 is 0 Å². The van der Waals surface area contributed by atoms with E-state index in [1.165, 1.54) is 4.90 Å². The van der Waals surface area contributed by atoms with Gasteiger partial charge in [0.25, 0.3) is 11.6 Å². The maximum absolute atomic E-state index is 13.2. The molecule has 3 rings (SSSR count). The first-order valence-corrected chi connectivity index (χ1v) is 7.03. The number of aromatic amines is 1. The standard InChI is InChI=1S/C13H13FN6O3/c14-9-3-4-10(11(6-9)20(22)23)13(21)19-5-1-2-8(7-19)12-15-17-18-16-12/h3-4,6,8H,1-2,5,7H2,(H,15,16,17,18). The van der Waals surface area contributed by atoms with Crippen molar-refractivity contribution in [3.05, 3.63) is 45.5 Å². The monoisotopic (exact) mass is 320 g/mol. The fourth-order valence-corrected chi connectivity index (χ4v) is 2.72. The molecular formula is C13H13FN6O3. The number of nitrogens with one attached hydrogen (secondary N) is 1. The third-order valence-corrected chi connectivity index (χ3v) is 3.82. The summed E-state index contributed by atoms with van der Waals surface area (Å²) in [5.41, 5.74) is -0.651. The highest BCUT2D eigenvalue weighted by molar-refractivity contribution is 5.98. The number of piperidine rings is 1. The number of hydrogen-bond donors (Lipinski definition) is 1. The molecule has 120 valence electrons. The molecule has 2 heterocycles. The molecule has 1 atom stereocenters. The Labute approximate surface area is 129 Å². The highest BCUT2D eigenvalue weighted by Crippen LogP contribution is 2.27. The third kappa shape index (κ3) is 3.00. The first-order valence-electron chi connectivity index (χ1n) is 7.03. The fourth-order valence-electron chi connectivity index (χ4n) is 2.72. The highest BCUT2D eigenvalue weighted by atomic mass is 19.1. The molecular weight excluding hydrogens is 307 g/mol. The molecule has 1 N–H and O–H groups in total. The van der Waals surface area contributed by atoms with Crippen LogP contribution in [0.15, 0.2) is 18.2 Å². The molecule has 23 heavy (non-hydrogen) atoms. The van der Waals surface area contributed by atoms with Crippen molar-refractivity contribution in [1.29, 1.82) is 0 Å². The van der Waals surface area contributed by atoms with Gasteiger partial charge in [0.05, 0.1) is 11.0 Å². The van der Waals surface area contributed by atoms with E-state index in [-0.39, 0.29) is 11.5 Å². The molecule has 1 aromatic heterocycles. The van der Waals surface area contributed by atoms with Crippen molar-refractivity contribution in [1.82, 2.24) is 25.5 Å². The van der Waals surface area contributed by atoms with Crippen molar-refractivity contribution >= 4 is 11.6 Å². The Hall–Kier alpha value is -2.91. The van der Waals surface area contributed by atoms with Gasteiger partial charge in [-0.3, -0.25) is 14.9 Å². The summed E-state index contributed by atoms with van der Waals surface area (Å²) in [5.74, 6) is -0.816. The van der Waals surface area contributed by atoms with Gasteiger partial charge in [-0.15, -0.1) is 10.2 Å². The first-order chi connectivity index (χ1) is 11.1. The van der Waals surface area contributed by atoms with E-state index in [1.807, 2.05) is 0 Å². The molecule has 0 aliphatic carbocycles. The smallest absolute Gasteiger partial charge is 0.285 e. The fraction of sp³-hybridized carbons (Fsp3) is 0.385. The lowest BCUT2D eigenvalue weighted by Gasteiger charge is -2.31. The SMILES string of the molecule is O=C(c1ccc(F)cc1[N+](=O)[O-])N1CCCC(c2nn[nH]n2)C1. The molecule has 0 bridgehead atoms. The molecule has 0 radical (unpaired) electrons. The summed E-state index contributed by atoms with van der Waals surface area (Å²) in [7, 11) is 0. The number of amides is 1. The first kappa shape index (κ1) is 15.0. The molecule has 1 aromatic carbocycles. The Kier molecular flexibility index (Phi) is 3.96. The zero-order valence-electron chi connectivity index (χ0n) is 12.0. The average Bonchev–Trinajstić information content (AvgIpc) is 3.09. The average molecular weight is 320 g/mol. The Bertz CT molecular complexity index is 735. The van der Waals surface area contributed by atoms with Crippen LogP contribution in [0.1, 0.15) is 34.9 Å². The minimum Gasteiger partial charge on any atom is -0.338 e. The summed E-state index contributed by atoms with van der Waals surface area (Å²) in [4.78, 5) is 24.4. The van der Waals surface area contributed by atoms with E-state index in [4.69, 9.17) is 0 Å². The quantitative estimate of drug-likeness (QED) is 0.672. The van der Waals surface area contributed by atoms with Crippen LogP contribution in [0.25, 0.3) is 0 Å². The molecule has 1 fully saturated rings. The van der Waals surface area contributed by atoms with Gasteiger partial charge in [0.15, 0.2) is 5.82 Å². The Morgan fingerprint density at radius 1 is 1.48 bits per heavy atom. The van der Waals surface area contributed by atoms with E-state index in [2.05, 4.69) is 20.6 Å². The summed E-state index contributed by atoms with van der Waals surface area (Å²) in [6.07, 6.45) is 1.52. The predicted molar refractivity (Wildman–Crippen MR) is 75.1 cm³/mol. The molecule has 10 heteroatoms. The van der Waals surface area contributed by atoms with Crippen LogP contribution < -0.4 is 0 Å². The molecule has 1 saturated heterocycles. The number of nitro benzene ring substituents is 1. The van der Waals surface area contributed by atoms with Crippen molar-refractivity contribution in [2.45, 2.75) is 18.8 Å². The summed E-state index contributed by atoms with van der Waals surface area (Å²) in [6, 6.07) is 2.95. The van der Waals surface area contributed by atoms with Gasteiger partial charge in [-0.1, -0.05) is 5.21 Å². The molecule has 1 aliphatic rings. The Balaban J connectivity index is 1.84. The lowest BCUT2D eigenvalue weighted by atomic mass is 9.96. The number of benzene rings is 1. The summed E-state index contributed by atoms with van der Waals surface area (Å²) in [5, 5.41) is 24.8. The zero-order valence-corrected chi connectivity index (χ0v) is 12.0. The minimum atomic E-state index is -0.753. The molecule has 2 aromatic rings. The second kappa shape index (κ2) is 6.07. The predicted octanol–water partition coefficient (Wildman–Crippen LogP) is 1.27. The number of carbonyl (C=O) groups excluding carboxylic acids is 1. The zero-order chi connectivity index (χ0) is 16.4. The topological polar surface area (TPSA) is 118 Å². The normalized spacial score (nSPS) is 18.0. The van der Waals surface area contributed by atoms with Crippen LogP contribution in [0.5, 0.6) is 0 Å². The van der Waals surface area contributed by atoms with Gasteiger partial charge in [-0.25, -0.2) is 4.39 Å². The number of aromatic nitrogens is 4. The van der Waals surface area contributed by atoms with Gasteiger partial charge < -0.3 is 4.90 Å². The lowest BCUT2D eigenvalue weighted by molar-refractivity contribution is -0.385. The van der Waals surface area contributed by atoms with Gasteiger partial charge in [0, 0.05) is 19.0 Å². The van der Waals surface area contributed by atoms with Crippen molar-refractivity contribution in [3.8, 4) is 0 Å². The van der Waals surface area contributed by atoms with Crippen LogP contribution >= 0.6 is 0 Å². The van der Waals surface area contributed by atoms with Crippen LogP contribution in [-0.4, -0.2) is 49.4 Å². The van der Waals surface area contributed by atoms with Crippen LogP contribution in [0.2, 0.25) is 0 Å². The lowest BCUT2D eigenvalue weighted by Crippen LogP contribution is -2.39. The molecule has 1 aliphatic heterocycles. The number of hydrogen-bond acceptors (Lipinski definition) is 6. The van der Waals surface area contributed by atoms with Crippen molar-refractivity contribution in [3.63, 3.8) is 0 Å². The maximum atomic E-state index is 13.2. The Morgan fingerprint density at radius 2 is 2.30 bits per heavy atom. The number of nitrogens with zero attached hydrogens (tertiary/aromatic N) is 5. The minimum absolute atomic E-state index is 0.0778. The van der Waals surface area contributed by atoms with Crippen LogP contribution in [0, 0.1) is 15.9 Å². The van der Waals surface area contributed by atoms with E-state index in [9.17, 15) is 19.3 Å². The second-order valence-electron chi connectivity index (χ2n) is 5.28. The molecule has 9 nitrogen and oxygen atoms in total. The van der Waals surface area contributed by atoms with Crippen molar-refractivity contribution < 1.29 is 14.1 Å². The highest BCUT2D eigenvalue weighted by Gasteiger charge is 2.31. The van der Waals surface area contributed by atoms with Gasteiger partial charge in [-0.2, -0.15) is 5.21 Å². The number of carbonyl (C=O) groups is 1. The van der Waals surface area contributed by atoms with Crippen LogP contribution in [-0.2, 0) is 0 Å². The number of H-pyrrole nitrogens is 1. The van der Waals surface area contributed by atoms with Crippen LogP contribution in [0.4, 0.5) is 10.1 Å². The number of tetrazole rings is 1. The van der Waals surface area contributed by atoms with E-state index in [0.29, 0.717) is 18.9 Å². The third-order valence-electron chi connectivity index (χ3n) is 3.82. The van der Waals surface area contributed by atoms with E-state index >= 15 is 0 Å². The van der Waals surface area contributed by atoms with Gasteiger partial charge in [0.1, 0.15) is 11.4 Å². The van der Waals surface area contributed by atoms with Gasteiger partial charge in [-0.05, 0) is 25.0 Å². The van der Waals surface area contributed by atoms with Crippen molar-refractivity contribution in [2.75, 3.05) is 13.1 Å². The molecule has 1 unspecified atom stereocenters. The summed E-state index contributed by atoms with van der Waals surface area (Å²) >= 11 is 0. The van der Waals surface area contributed by atoms with E-state index in [1.54, 1.807) is 0 Å². The van der Waals surface area contributed by atoms with E-state index in [0.717, 1.165) is 31.0 Å². The number of likely N-dealkylation sites (tertiary alicyclic amines) is 1. The molecule has 1 amide bonds. The Morgan fingerprint density at radius 3 is 3.00 bits per heavy atom. The molecule has 0 spiro atoms. The second-order valence-corrected chi connectivity index (χ2v) is 5.28. The number of rotatable bonds is 3. The van der Waals surface area contributed by atoms with Crippen LogP contribution in [0.3, 0.4) is 0 Å². The number of nitro groups is 1. The summed E-state index contributed by atoms with van der Waals surface area (Å²) < 4.78 is 13.2. The van der Waals surface area contributed by atoms with Crippen molar-refractivity contribution in [2.24, 2.45) is 0 Å².